The predicted octanol–water partition coefficient (Wildman–Crippen LogP) is 5.11. The Hall–Kier alpha value is -3.97. The monoisotopic (exact) mass is 461 g/mol. The molecule has 0 saturated carbocycles. The molecule has 0 N–H and O–H groups in total. The van der Waals surface area contributed by atoms with Gasteiger partial charge in [-0.1, -0.05) is 41.9 Å². The van der Waals surface area contributed by atoms with E-state index in [-0.39, 0.29) is 17.9 Å². The van der Waals surface area contributed by atoms with Gasteiger partial charge in [-0.2, -0.15) is 0 Å². The minimum absolute atomic E-state index is 0.0578. The van der Waals surface area contributed by atoms with Crippen LogP contribution in [-0.2, 0) is 16.1 Å². The molecule has 0 spiro atoms. The number of aromatic nitrogens is 2. The van der Waals surface area contributed by atoms with Crippen LogP contribution in [0.1, 0.15) is 22.8 Å². The third-order valence-corrected chi connectivity index (χ3v) is 5.32. The topological polar surface area (TPSA) is 81.5 Å². The van der Waals surface area contributed by atoms with E-state index in [0.717, 1.165) is 16.0 Å². The van der Waals surface area contributed by atoms with E-state index in [2.05, 4.69) is 4.98 Å². The molecule has 0 aliphatic heterocycles. The van der Waals surface area contributed by atoms with Crippen LogP contribution in [0.2, 0.25) is 5.02 Å². The number of anilines is 1. The number of nitrogens with zero attached hydrogens (tertiary/aromatic N) is 3. The number of benzene rings is 2. The number of hydrogen-bond acceptors (Lipinski definition) is 5. The number of halogens is 1. The summed E-state index contributed by atoms with van der Waals surface area (Å²) in [5.74, 6) is -1.82. The van der Waals surface area contributed by atoms with Gasteiger partial charge in [-0.05, 0) is 42.8 Å². The Morgan fingerprint density at radius 1 is 1.00 bits per heavy atom. The van der Waals surface area contributed by atoms with Gasteiger partial charge in [-0.25, -0.2) is 9.69 Å². The van der Waals surface area contributed by atoms with Crippen molar-refractivity contribution in [2.45, 2.75) is 13.5 Å². The molecule has 4 aromatic rings. The number of ether oxygens (including phenoxy) is 1. The van der Waals surface area contributed by atoms with Gasteiger partial charge in [0.15, 0.2) is 0 Å². The molecule has 0 unspecified atom stereocenters. The molecule has 166 valence electrons. The Morgan fingerprint density at radius 2 is 1.70 bits per heavy atom. The van der Waals surface area contributed by atoms with Crippen molar-refractivity contribution in [3.63, 3.8) is 0 Å². The average molecular weight is 462 g/mol. The van der Waals surface area contributed by atoms with Crippen molar-refractivity contribution in [2.75, 3.05) is 11.5 Å². The third kappa shape index (κ3) is 4.63. The summed E-state index contributed by atoms with van der Waals surface area (Å²) in [6, 6.07) is 17.6. The molecule has 2 aromatic heterocycles. The van der Waals surface area contributed by atoms with Crippen LogP contribution in [-0.4, -0.2) is 33.9 Å². The van der Waals surface area contributed by atoms with Gasteiger partial charge in [0, 0.05) is 41.1 Å². The fourth-order valence-corrected chi connectivity index (χ4v) is 3.67. The zero-order valence-electron chi connectivity index (χ0n) is 17.8. The number of Topliss-reactive ketones (excluding diaryl/α,β-unsaturated/α-hetero) is 1. The van der Waals surface area contributed by atoms with Crippen molar-refractivity contribution >= 4 is 46.0 Å². The lowest BCUT2D eigenvalue weighted by atomic mass is 10.1. The van der Waals surface area contributed by atoms with Crippen LogP contribution in [0.4, 0.5) is 10.5 Å². The van der Waals surface area contributed by atoms with Crippen LogP contribution in [0, 0.1) is 0 Å². The lowest BCUT2D eigenvalue weighted by Gasteiger charge is -2.19. The molecule has 0 atom stereocenters. The zero-order valence-corrected chi connectivity index (χ0v) is 18.5. The Balaban J connectivity index is 1.73. The maximum atomic E-state index is 13.3. The zero-order chi connectivity index (χ0) is 23.4. The number of ketones is 1. The first-order valence-electron chi connectivity index (χ1n) is 10.3. The van der Waals surface area contributed by atoms with Crippen LogP contribution >= 0.6 is 11.6 Å². The smallest absolute Gasteiger partial charge is 0.421 e. The van der Waals surface area contributed by atoms with Gasteiger partial charge in [-0.15, -0.1) is 0 Å². The molecule has 0 aliphatic carbocycles. The summed E-state index contributed by atoms with van der Waals surface area (Å²) < 4.78 is 6.91. The maximum absolute atomic E-state index is 13.3. The molecule has 0 bridgehead atoms. The van der Waals surface area contributed by atoms with Gasteiger partial charge >= 0.3 is 12.0 Å². The molecule has 8 heteroatoms. The van der Waals surface area contributed by atoms with E-state index < -0.39 is 17.8 Å². The van der Waals surface area contributed by atoms with Crippen molar-refractivity contribution in [1.82, 2.24) is 9.55 Å². The second-order valence-electron chi connectivity index (χ2n) is 7.19. The highest BCUT2D eigenvalue weighted by Crippen LogP contribution is 2.25. The maximum Gasteiger partial charge on any atom is 0.421 e. The average Bonchev–Trinajstić information content (AvgIpc) is 3.19. The second kappa shape index (κ2) is 9.67. The van der Waals surface area contributed by atoms with E-state index >= 15 is 0 Å². The summed E-state index contributed by atoms with van der Waals surface area (Å²) in [5.41, 5.74) is 2.17. The van der Waals surface area contributed by atoms with Crippen molar-refractivity contribution in [3.05, 3.63) is 95.4 Å². The number of amides is 2. The van der Waals surface area contributed by atoms with Crippen molar-refractivity contribution < 1.29 is 19.1 Å². The number of para-hydroxylation sites is 1. The summed E-state index contributed by atoms with van der Waals surface area (Å²) in [5, 5.41) is 1.25. The number of rotatable bonds is 6. The summed E-state index contributed by atoms with van der Waals surface area (Å²) in [6.45, 7) is 2.16. The van der Waals surface area contributed by atoms with Crippen LogP contribution in [0.3, 0.4) is 0 Å². The fourth-order valence-electron chi connectivity index (χ4n) is 3.55. The van der Waals surface area contributed by atoms with Gasteiger partial charge < -0.3 is 9.30 Å². The van der Waals surface area contributed by atoms with Crippen molar-refractivity contribution in [3.8, 4) is 0 Å². The Labute approximate surface area is 195 Å². The Morgan fingerprint density at radius 3 is 2.39 bits per heavy atom. The number of carbonyl (C=O) groups excluding carboxylic acids is 3. The van der Waals surface area contributed by atoms with Crippen LogP contribution < -0.4 is 4.90 Å². The van der Waals surface area contributed by atoms with Crippen molar-refractivity contribution in [2.24, 2.45) is 0 Å². The largest absolute Gasteiger partial charge is 0.449 e. The molecular formula is C25H20ClN3O4. The number of imide groups is 1. The minimum atomic E-state index is -1.01. The highest BCUT2D eigenvalue weighted by atomic mass is 35.5. The molecule has 0 aliphatic rings. The van der Waals surface area contributed by atoms with Gasteiger partial charge in [0.1, 0.15) is 0 Å². The van der Waals surface area contributed by atoms with Gasteiger partial charge in [0.25, 0.3) is 5.78 Å². The van der Waals surface area contributed by atoms with Crippen LogP contribution in [0.25, 0.3) is 10.9 Å². The van der Waals surface area contributed by atoms with Crippen LogP contribution in [0.15, 0.2) is 79.3 Å². The molecule has 4 rings (SSSR count). The quantitative estimate of drug-likeness (QED) is 0.294. The predicted molar refractivity (Wildman–Crippen MR) is 126 cm³/mol. The molecule has 2 heterocycles. The molecule has 0 saturated heterocycles. The van der Waals surface area contributed by atoms with E-state index in [1.165, 1.54) is 24.5 Å². The van der Waals surface area contributed by atoms with Gasteiger partial charge in [0.2, 0.25) is 0 Å². The molecular weight excluding hydrogens is 442 g/mol. The molecule has 0 radical (unpaired) electrons. The van der Waals surface area contributed by atoms with E-state index in [9.17, 15) is 14.4 Å². The van der Waals surface area contributed by atoms with E-state index in [0.29, 0.717) is 17.0 Å². The van der Waals surface area contributed by atoms with Gasteiger partial charge in [0.05, 0.1) is 17.9 Å². The first-order chi connectivity index (χ1) is 16.0. The summed E-state index contributed by atoms with van der Waals surface area (Å²) >= 11 is 5.98. The molecule has 2 aromatic carbocycles. The molecule has 0 fully saturated rings. The lowest BCUT2D eigenvalue weighted by Crippen LogP contribution is -2.41. The second-order valence-corrected chi connectivity index (χ2v) is 7.62. The fraction of sp³-hybridized carbons (Fsp3) is 0.120. The Bertz CT molecular complexity index is 1320. The number of carbonyl (C=O) groups is 3. The molecule has 7 nitrogen and oxygen atoms in total. The van der Waals surface area contributed by atoms with E-state index in [1.54, 1.807) is 37.4 Å². The summed E-state index contributed by atoms with van der Waals surface area (Å²) in [7, 11) is 0. The standard InChI is InChI=1S/C25H20ClN3O4/c1-2-33-25(32)29(19-11-13-27-14-12-19)24(31)23(30)21-16-28(22-6-4-3-5-20(21)22)15-17-7-9-18(26)10-8-17/h3-14,16H,2,15H2,1H3. The highest BCUT2D eigenvalue weighted by Gasteiger charge is 2.32. The molecule has 2 amide bonds. The minimum Gasteiger partial charge on any atom is -0.449 e. The van der Waals surface area contributed by atoms with E-state index in [4.69, 9.17) is 16.3 Å². The van der Waals surface area contributed by atoms with Crippen LogP contribution in [0.5, 0.6) is 0 Å². The first kappa shape index (κ1) is 22.2. The number of pyridine rings is 1. The third-order valence-electron chi connectivity index (χ3n) is 5.07. The molecule has 33 heavy (non-hydrogen) atoms. The highest BCUT2D eigenvalue weighted by molar-refractivity contribution is 6.52. The number of hydrogen-bond donors (Lipinski definition) is 0. The normalized spacial score (nSPS) is 10.7. The summed E-state index contributed by atoms with van der Waals surface area (Å²) in [4.78, 5) is 43.8. The van der Waals surface area contributed by atoms with E-state index in [1.807, 2.05) is 28.8 Å². The lowest BCUT2D eigenvalue weighted by molar-refractivity contribution is -0.114. The first-order valence-corrected chi connectivity index (χ1v) is 10.6. The van der Waals surface area contributed by atoms with Crippen molar-refractivity contribution in [1.29, 1.82) is 0 Å². The Kier molecular flexibility index (Phi) is 6.51. The SMILES string of the molecule is CCOC(=O)N(C(=O)C(=O)c1cn(Cc2ccc(Cl)cc2)c2ccccc12)c1ccncc1. The summed E-state index contributed by atoms with van der Waals surface area (Å²) in [6.07, 6.45) is 3.57. The number of fused-ring (bicyclic) bond motifs is 1. The van der Waals surface area contributed by atoms with Gasteiger partial charge in [-0.3, -0.25) is 14.6 Å².